The molecule has 112 valence electrons. The lowest BCUT2D eigenvalue weighted by Crippen LogP contribution is -2.45. The Balaban J connectivity index is 1.66. The lowest BCUT2D eigenvalue weighted by molar-refractivity contribution is -0.143. The van der Waals surface area contributed by atoms with Crippen molar-refractivity contribution < 1.29 is 14.7 Å². The Labute approximate surface area is 124 Å². The second-order valence-electron chi connectivity index (χ2n) is 6.51. The highest BCUT2D eigenvalue weighted by Gasteiger charge is 2.56. The molecule has 2 fully saturated rings. The monoisotopic (exact) mass is 287 g/mol. The second-order valence-corrected chi connectivity index (χ2v) is 6.51. The van der Waals surface area contributed by atoms with Crippen LogP contribution in [0, 0.1) is 17.8 Å². The first-order valence-corrected chi connectivity index (χ1v) is 7.60. The lowest BCUT2D eigenvalue weighted by Gasteiger charge is -2.26. The number of rotatable bonds is 5. The van der Waals surface area contributed by atoms with Crippen LogP contribution in [0.25, 0.3) is 0 Å². The number of hydrogen-bond donors (Lipinski definition) is 2. The maximum absolute atomic E-state index is 12.2. The molecule has 0 spiro atoms. The van der Waals surface area contributed by atoms with E-state index in [0.717, 1.165) is 12.8 Å². The third-order valence-electron chi connectivity index (χ3n) is 5.21. The summed E-state index contributed by atoms with van der Waals surface area (Å²) in [5, 5.41) is 12.4. The summed E-state index contributed by atoms with van der Waals surface area (Å²) in [5.41, 5.74) is -0.366. The largest absolute Gasteiger partial charge is 0.481 e. The van der Waals surface area contributed by atoms with E-state index in [4.69, 9.17) is 0 Å². The number of carboxylic acid groups (broad SMARTS) is 1. The van der Waals surface area contributed by atoms with E-state index in [1.165, 1.54) is 6.42 Å². The zero-order valence-corrected chi connectivity index (χ0v) is 12.2. The van der Waals surface area contributed by atoms with Gasteiger partial charge in [0.1, 0.15) is 5.41 Å². The van der Waals surface area contributed by atoms with E-state index < -0.39 is 11.4 Å². The Morgan fingerprint density at radius 1 is 1.24 bits per heavy atom. The van der Waals surface area contributed by atoms with Crippen molar-refractivity contribution in [1.29, 1.82) is 0 Å². The number of benzene rings is 1. The van der Waals surface area contributed by atoms with Crippen LogP contribution >= 0.6 is 0 Å². The summed E-state index contributed by atoms with van der Waals surface area (Å²) < 4.78 is 0. The minimum atomic E-state index is -1.08. The van der Waals surface area contributed by atoms with Gasteiger partial charge in [-0.05, 0) is 37.2 Å². The molecule has 2 saturated carbocycles. The molecule has 21 heavy (non-hydrogen) atoms. The van der Waals surface area contributed by atoms with Crippen LogP contribution < -0.4 is 5.32 Å². The molecule has 2 aliphatic carbocycles. The van der Waals surface area contributed by atoms with Crippen molar-refractivity contribution in [2.24, 2.45) is 17.8 Å². The third-order valence-corrected chi connectivity index (χ3v) is 5.21. The van der Waals surface area contributed by atoms with Gasteiger partial charge < -0.3 is 10.4 Å². The lowest BCUT2D eigenvalue weighted by atomic mass is 9.82. The number of carbonyl (C=O) groups is 2. The van der Waals surface area contributed by atoms with Gasteiger partial charge in [0.2, 0.25) is 5.91 Å². The van der Waals surface area contributed by atoms with Crippen LogP contribution in [0.4, 0.5) is 0 Å². The normalized spacial score (nSPS) is 29.3. The van der Waals surface area contributed by atoms with Crippen LogP contribution in [-0.4, -0.2) is 23.5 Å². The van der Waals surface area contributed by atoms with Crippen molar-refractivity contribution in [2.75, 3.05) is 6.54 Å². The average molecular weight is 287 g/mol. The molecule has 0 aliphatic heterocycles. The fraction of sp³-hybridized carbons (Fsp3) is 0.529. The average Bonchev–Trinajstić information content (AvgIpc) is 2.98. The highest BCUT2D eigenvalue weighted by molar-refractivity contribution is 5.85. The molecule has 0 radical (unpaired) electrons. The van der Waals surface area contributed by atoms with Gasteiger partial charge >= 0.3 is 5.97 Å². The van der Waals surface area contributed by atoms with Crippen LogP contribution in [0.2, 0.25) is 0 Å². The SMILES string of the molecule is CC(CNC(=O)C1C2CCCC21)(C(=O)O)c1ccccc1. The van der Waals surface area contributed by atoms with Gasteiger partial charge in [0.25, 0.3) is 0 Å². The van der Waals surface area contributed by atoms with E-state index in [9.17, 15) is 14.7 Å². The van der Waals surface area contributed by atoms with Gasteiger partial charge in [-0.1, -0.05) is 36.8 Å². The van der Waals surface area contributed by atoms with Crippen molar-refractivity contribution in [3.63, 3.8) is 0 Å². The molecule has 2 N–H and O–H groups in total. The molecule has 4 heteroatoms. The van der Waals surface area contributed by atoms with Crippen molar-refractivity contribution in [3.05, 3.63) is 35.9 Å². The van der Waals surface area contributed by atoms with E-state index in [2.05, 4.69) is 5.32 Å². The first kappa shape index (κ1) is 14.1. The van der Waals surface area contributed by atoms with Gasteiger partial charge in [0, 0.05) is 12.5 Å². The Morgan fingerprint density at radius 3 is 2.43 bits per heavy atom. The molecule has 0 heterocycles. The van der Waals surface area contributed by atoms with E-state index in [-0.39, 0.29) is 18.4 Å². The standard InChI is InChI=1S/C17H21NO3/c1-17(16(20)21,11-6-3-2-4-7-11)10-18-15(19)14-12-8-5-9-13(12)14/h2-4,6-7,12-14H,5,8-10H2,1H3,(H,18,19)(H,20,21). The van der Waals surface area contributed by atoms with E-state index in [1.54, 1.807) is 19.1 Å². The topological polar surface area (TPSA) is 66.4 Å². The predicted octanol–water partition coefficient (Wildman–Crippen LogP) is 2.19. The molecular weight excluding hydrogens is 266 g/mol. The summed E-state index contributed by atoms with van der Waals surface area (Å²) in [4.78, 5) is 23.9. The predicted molar refractivity (Wildman–Crippen MR) is 78.8 cm³/mol. The van der Waals surface area contributed by atoms with E-state index in [0.29, 0.717) is 17.4 Å². The number of carboxylic acids is 1. The van der Waals surface area contributed by atoms with Gasteiger partial charge in [-0.2, -0.15) is 0 Å². The first-order chi connectivity index (χ1) is 10.0. The van der Waals surface area contributed by atoms with Crippen LogP contribution in [0.1, 0.15) is 31.7 Å². The Hall–Kier alpha value is -1.84. The number of hydrogen-bond acceptors (Lipinski definition) is 2. The van der Waals surface area contributed by atoms with Crippen LogP contribution in [0.15, 0.2) is 30.3 Å². The Morgan fingerprint density at radius 2 is 1.86 bits per heavy atom. The minimum absolute atomic E-state index is 0.0353. The Bertz CT molecular complexity index is 546. The number of amides is 1. The molecule has 4 nitrogen and oxygen atoms in total. The summed E-state index contributed by atoms with van der Waals surface area (Å²) in [7, 11) is 0. The molecule has 1 aromatic rings. The highest BCUT2D eigenvalue weighted by atomic mass is 16.4. The molecule has 1 amide bonds. The second kappa shape index (κ2) is 5.17. The van der Waals surface area contributed by atoms with Gasteiger partial charge in [-0.15, -0.1) is 0 Å². The molecular formula is C17H21NO3. The van der Waals surface area contributed by atoms with Gasteiger partial charge in [0.05, 0.1) is 0 Å². The summed E-state index contributed by atoms with van der Waals surface area (Å²) in [6.07, 6.45) is 3.53. The molecule has 2 aliphatic rings. The fourth-order valence-corrected chi connectivity index (χ4v) is 3.70. The summed E-state index contributed by atoms with van der Waals surface area (Å²) in [6.45, 7) is 1.81. The van der Waals surface area contributed by atoms with Gasteiger partial charge in [0.15, 0.2) is 0 Å². The molecule has 3 rings (SSSR count). The number of nitrogens with one attached hydrogen (secondary N) is 1. The first-order valence-electron chi connectivity index (χ1n) is 7.60. The fourth-order valence-electron chi connectivity index (χ4n) is 3.70. The molecule has 3 unspecified atom stereocenters. The molecule has 1 aromatic carbocycles. The zero-order chi connectivity index (χ0) is 15.0. The summed E-state index contributed by atoms with van der Waals surface area (Å²) >= 11 is 0. The number of aliphatic carboxylic acids is 1. The van der Waals surface area contributed by atoms with Crippen molar-refractivity contribution in [2.45, 2.75) is 31.6 Å². The van der Waals surface area contributed by atoms with Crippen molar-refractivity contribution in [1.82, 2.24) is 5.32 Å². The van der Waals surface area contributed by atoms with E-state index in [1.807, 2.05) is 18.2 Å². The maximum Gasteiger partial charge on any atom is 0.315 e. The molecule has 0 aromatic heterocycles. The van der Waals surface area contributed by atoms with Crippen molar-refractivity contribution in [3.8, 4) is 0 Å². The molecule has 0 saturated heterocycles. The minimum Gasteiger partial charge on any atom is -0.481 e. The Kier molecular flexibility index (Phi) is 3.47. The smallest absolute Gasteiger partial charge is 0.315 e. The quantitative estimate of drug-likeness (QED) is 0.872. The summed E-state index contributed by atoms with van der Waals surface area (Å²) in [5.74, 6) is 0.362. The molecule has 3 atom stereocenters. The third kappa shape index (κ3) is 2.43. The number of carbonyl (C=O) groups excluding carboxylic acids is 1. The highest BCUT2D eigenvalue weighted by Crippen LogP contribution is 2.57. The number of fused-ring (bicyclic) bond motifs is 1. The van der Waals surface area contributed by atoms with Crippen molar-refractivity contribution >= 4 is 11.9 Å². The van der Waals surface area contributed by atoms with E-state index >= 15 is 0 Å². The van der Waals surface area contributed by atoms with Crippen LogP contribution in [0.3, 0.4) is 0 Å². The summed E-state index contributed by atoms with van der Waals surface area (Å²) in [6, 6.07) is 9.10. The maximum atomic E-state index is 12.2. The van der Waals surface area contributed by atoms with Gasteiger partial charge in [-0.3, -0.25) is 9.59 Å². The zero-order valence-electron chi connectivity index (χ0n) is 12.2. The van der Waals surface area contributed by atoms with Crippen LogP contribution in [0.5, 0.6) is 0 Å². The van der Waals surface area contributed by atoms with Crippen LogP contribution in [-0.2, 0) is 15.0 Å². The molecule has 0 bridgehead atoms. The van der Waals surface area contributed by atoms with Gasteiger partial charge in [-0.25, -0.2) is 0 Å².